The fraction of sp³-hybridized carbons (Fsp3) is 0.378. The second-order valence-corrected chi connectivity index (χ2v) is 37.4. The Balaban J connectivity index is 0.000000178. The average molecular weight is 1690 g/mol. The van der Waals surface area contributed by atoms with Gasteiger partial charge in [0.25, 0.3) is 43.2 Å². The van der Waals surface area contributed by atoms with E-state index in [4.69, 9.17) is 37.4 Å². The number of piperazine rings is 1. The van der Waals surface area contributed by atoms with Crippen LogP contribution in [0.3, 0.4) is 0 Å². The molecule has 620 valence electrons. The second kappa shape index (κ2) is 35.0. The van der Waals surface area contributed by atoms with Gasteiger partial charge in [0.05, 0.1) is 43.2 Å². The molecule has 0 bridgehead atoms. The number of benzene rings is 6. The summed E-state index contributed by atoms with van der Waals surface area (Å²) in [4.78, 5) is 73.4. The van der Waals surface area contributed by atoms with Crippen LogP contribution in [-0.4, -0.2) is 148 Å². The van der Waals surface area contributed by atoms with Crippen molar-refractivity contribution in [2.45, 2.75) is 131 Å². The molecule has 0 atom stereocenters. The number of carbonyl (C=O) groups excluding carboxylic acids is 2. The number of aromatic nitrogens is 4. The summed E-state index contributed by atoms with van der Waals surface area (Å²) in [5, 5.41) is 27.0. The van der Waals surface area contributed by atoms with Gasteiger partial charge in [0.1, 0.15) is 40.0 Å². The first-order valence-corrected chi connectivity index (χ1v) is 44.7. The number of piperidine rings is 1. The fourth-order valence-electron chi connectivity index (χ4n) is 18.3. The highest BCUT2D eigenvalue weighted by atomic mass is 35.5. The lowest BCUT2D eigenvalue weighted by molar-refractivity contribution is -0.385. The van der Waals surface area contributed by atoms with Crippen LogP contribution in [0.4, 0.5) is 22.7 Å². The minimum Gasteiger partial charge on any atom is -0.455 e. The number of sulfonamides is 2. The van der Waals surface area contributed by atoms with Gasteiger partial charge in [-0.2, -0.15) is 0 Å². The van der Waals surface area contributed by atoms with Crippen molar-refractivity contribution in [3.63, 3.8) is 0 Å². The molecule has 6 aromatic carbocycles. The third kappa shape index (κ3) is 18.8. The molecule has 3 aliphatic heterocycles. The van der Waals surface area contributed by atoms with E-state index in [1.807, 2.05) is 48.5 Å². The van der Waals surface area contributed by atoms with E-state index in [-0.39, 0.29) is 44.8 Å². The zero-order valence-corrected chi connectivity index (χ0v) is 69.7. The molecule has 2 amide bonds. The van der Waals surface area contributed by atoms with Crippen LogP contribution >= 0.6 is 23.2 Å². The Morgan fingerprint density at radius 3 is 1.58 bits per heavy atom. The van der Waals surface area contributed by atoms with E-state index >= 15 is 0 Å². The monoisotopic (exact) mass is 1690 g/mol. The summed E-state index contributed by atoms with van der Waals surface area (Å²) >= 11 is 12.5. The SMILES string of the molecule is CN(C)c1ccc(S(=O)(=O)NC(=O)c2ccc(N3CCN(CC4=C(c5ccc(Cl)cc5)CC5(CCC5)CC4)CC3)cc2Oc2cnc3[nH]ccc3c2)cc1[N+](=O)[O-].O=C(NS(=O)(=O)c1ccc(CCC2CCOCC2)c([N+](=O)[O-])c1)c1ccc(C2CCN(CC3=C(c4ccc(Cl)cc4)CC4(CCC4)CC3)CC2)cc1Oc1cnc2[nH]ccc2c1. The predicted octanol–water partition coefficient (Wildman–Crippen LogP) is 18.4. The molecular weight excluding hydrogens is 1590 g/mol. The largest absolute Gasteiger partial charge is 0.455 e. The molecule has 4 aliphatic carbocycles. The first-order chi connectivity index (χ1) is 57.4. The standard InChI is InChI=1S/C48H52ClN5O7S.C42H44ClN7O6S/c49-39-8-4-34(5-9-39)43-29-48(18-1-19-48)20-12-38(43)31-53-22-14-33(15-23-53)36-7-11-42(45(27-36)61-40-26-37-13-21-50-46(37)51-30-40)47(55)52-62(58,59)41-10-6-35(44(28-41)54(56)57)3-2-32-16-24-60-25-17-32;1-47(2)37-11-9-34(24-38(37)50(52)53)57(54,55)46-41(51)35-10-8-32(23-39(35)56-33-22-29-13-17-44-40(29)45-26-33)49-20-18-48(19-21-49)27-30-12-16-42(14-3-15-42)25-36(30)28-4-6-31(43)7-5-28/h4-11,13,21,26-28,30,32-33H,1-3,12,14-20,22-25,29,31H2,(H,50,51)(H,52,55);4-11,13,17,22-24,26H,3,12,14-16,18-21,25,27H2,1-2H3,(H,44,45)(H,46,51). The molecular formula is C90H96Cl2N12O13S2. The maximum atomic E-state index is 14.0. The highest BCUT2D eigenvalue weighted by Crippen LogP contribution is 2.57. The van der Waals surface area contributed by atoms with E-state index in [0.717, 1.165) is 154 Å². The topological polar surface area (TPSA) is 311 Å². The van der Waals surface area contributed by atoms with Gasteiger partial charge in [-0.3, -0.25) is 39.6 Å². The number of amides is 2. The molecule has 0 radical (unpaired) electrons. The van der Waals surface area contributed by atoms with Crippen LogP contribution in [-0.2, 0) is 31.2 Å². The fourth-order valence-corrected chi connectivity index (χ4v) is 20.5. The Labute approximate surface area is 701 Å². The lowest BCUT2D eigenvalue weighted by Crippen LogP contribution is -2.47. The van der Waals surface area contributed by atoms with Crippen molar-refractivity contribution < 1.29 is 50.5 Å². The van der Waals surface area contributed by atoms with Crippen LogP contribution in [0.1, 0.15) is 158 Å². The Hall–Kier alpha value is -10.5. The van der Waals surface area contributed by atoms with Gasteiger partial charge in [0, 0.05) is 129 Å². The number of anilines is 2. The summed E-state index contributed by atoms with van der Waals surface area (Å²) in [6, 6.07) is 41.7. The molecule has 10 aromatic rings. The van der Waals surface area contributed by atoms with E-state index < -0.39 is 52.3 Å². The maximum absolute atomic E-state index is 14.0. The Morgan fingerprint density at radius 2 is 1.08 bits per heavy atom. The van der Waals surface area contributed by atoms with Crippen molar-refractivity contribution in [1.29, 1.82) is 0 Å². The second-order valence-electron chi connectivity index (χ2n) is 33.2. The number of nitrogens with one attached hydrogen (secondary N) is 4. The zero-order chi connectivity index (χ0) is 82.7. The number of aryl methyl sites for hydroxylation is 1. The van der Waals surface area contributed by atoms with Crippen LogP contribution < -0.4 is 28.7 Å². The van der Waals surface area contributed by atoms with Crippen molar-refractivity contribution in [2.24, 2.45) is 16.7 Å². The number of nitrogens with zero attached hydrogens (tertiary/aromatic N) is 8. The summed E-state index contributed by atoms with van der Waals surface area (Å²) in [6.07, 6.45) is 26.3. The van der Waals surface area contributed by atoms with Crippen molar-refractivity contribution in [3.8, 4) is 23.0 Å². The number of fused-ring (bicyclic) bond motifs is 2. The van der Waals surface area contributed by atoms with Gasteiger partial charge in [-0.1, -0.05) is 83.6 Å². The summed E-state index contributed by atoms with van der Waals surface area (Å²) in [5.74, 6) is -0.209. The molecule has 25 nitrogen and oxygen atoms in total. The van der Waals surface area contributed by atoms with Gasteiger partial charge in [-0.05, 0) is 257 Å². The third-order valence-corrected chi connectivity index (χ3v) is 28.7. The number of allylic oxidation sites excluding steroid dienone is 2. The van der Waals surface area contributed by atoms with E-state index in [9.17, 15) is 46.7 Å². The summed E-state index contributed by atoms with van der Waals surface area (Å²) < 4.78 is 76.7. The normalized spacial score (nSPS) is 18.0. The molecule has 29 heteroatoms. The van der Waals surface area contributed by atoms with Crippen molar-refractivity contribution in [1.82, 2.24) is 39.2 Å². The van der Waals surface area contributed by atoms with Gasteiger partial charge >= 0.3 is 0 Å². The highest BCUT2D eigenvalue weighted by molar-refractivity contribution is 7.90. The molecule has 3 saturated heterocycles. The third-order valence-electron chi connectivity index (χ3n) is 25.5. The van der Waals surface area contributed by atoms with Gasteiger partial charge in [0.15, 0.2) is 0 Å². The zero-order valence-electron chi connectivity index (χ0n) is 66.6. The Bertz CT molecular complexity index is 5810. The van der Waals surface area contributed by atoms with Crippen LogP contribution in [0.15, 0.2) is 191 Å². The molecule has 17 rings (SSSR count). The Morgan fingerprint density at radius 1 is 0.580 bits per heavy atom. The molecule has 2 saturated carbocycles. The summed E-state index contributed by atoms with van der Waals surface area (Å²) in [6.45, 7) is 8.19. The first kappa shape index (κ1) is 82.2. The lowest BCUT2D eigenvalue weighted by atomic mass is 9.59. The van der Waals surface area contributed by atoms with E-state index in [1.54, 1.807) is 69.1 Å². The summed E-state index contributed by atoms with van der Waals surface area (Å²) in [7, 11) is -5.80. The molecule has 0 unspecified atom stereocenters. The lowest BCUT2D eigenvalue weighted by Gasteiger charge is -2.47. The van der Waals surface area contributed by atoms with Crippen LogP contribution in [0, 0.1) is 37.0 Å². The number of carbonyl (C=O) groups is 2. The number of likely N-dealkylation sites (tertiary alicyclic amines) is 1. The van der Waals surface area contributed by atoms with Gasteiger partial charge in [-0.25, -0.2) is 36.2 Å². The van der Waals surface area contributed by atoms with Crippen LogP contribution in [0.25, 0.3) is 33.2 Å². The number of pyridine rings is 2. The van der Waals surface area contributed by atoms with E-state index in [2.05, 4.69) is 68.3 Å². The average Bonchev–Trinajstić information content (AvgIpc) is 1.21. The molecule has 2 spiro atoms. The molecule has 7 heterocycles. The number of H-pyrrole nitrogens is 2. The highest BCUT2D eigenvalue weighted by Gasteiger charge is 2.43. The molecule has 5 fully saturated rings. The van der Waals surface area contributed by atoms with Crippen LogP contribution in [0.5, 0.6) is 23.0 Å². The smallest absolute Gasteiger partial charge is 0.293 e. The van der Waals surface area contributed by atoms with Gasteiger partial charge < -0.3 is 34.0 Å². The number of nitro groups is 2. The quantitative estimate of drug-likeness (QED) is 0.0323. The van der Waals surface area contributed by atoms with Crippen molar-refractivity contribution in [3.05, 3.63) is 245 Å². The number of hydrogen-bond acceptors (Lipinski definition) is 19. The van der Waals surface area contributed by atoms with Crippen LogP contribution in [0.2, 0.25) is 10.0 Å². The number of hydrogen-bond donors (Lipinski definition) is 4. The minimum absolute atomic E-state index is 0.00899. The molecule has 4 aromatic heterocycles. The Kier molecular flexibility index (Phi) is 24.2. The van der Waals surface area contributed by atoms with E-state index in [0.29, 0.717) is 64.7 Å². The molecule has 119 heavy (non-hydrogen) atoms. The first-order valence-electron chi connectivity index (χ1n) is 41.0. The van der Waals surface area contributed by atoms with Gasteiger partial charge in [0.2, 0.25) is 0 Å². The number of ether oxygens (including phenoxy) is 3. The summed E-state index contributed by atoms with van der Waals surface area (Å²) in [5.41, 5.74) is 12.6. The van der Waals surface area contributed by atoms with E-state index in [1.165, 1.54) is 120 Å². The maximum Gasteiger partial charge on any atom is 0.293 e. The minimum atomic E-state index is -4.51. The number of aromatic amines is 2. The van der Waals surface area contributed by atoms with Crippen molar-refractivity contribution in [2.75, 3.05) is 89.5 Å². The molecule has 7 aliphatic rings. The number of rotatable bonds is 24. The number of halogens is 2. The van der Waals surface area contributed by atoms with Gasteiger partial charge in [-0.15, -0.1) is 0 Å². The number of nitro benzene ring substituents is 2. The predicted molar refractivity (Wildman–Crippen MR) is 461 cm³/mol. The van der Waals surface area contributed by atoms with Crippen molar-refractivity contribution >= 4 is 111 Å². The molecule has 4 N–H and O–H groups in total.